The largest absolute Gasteiger partial charge is 0.462 e. The summed E-state index contributed by atoms with van der Waals surface area (Å²) in [4.78, 5) is 38.1. The summed E-state index contributed by atoms with van der Waals surface area (Å²) in [7, 11) is 0. The van der Waals surface area contributed by atoms with Crippen LogP contribution in [0.4, 0.5) is 0 Å². The smallest absolute Gasteiger partial charge is 0.306 e. The Morgan fingerprint density at radius 3 is 0.943 bits per heavy atom. The van der Waals surface area contributed by atoms with Crippen molar-refractivity contribution in [1.82, 2.24) is 0 Å². The minimum atomic E-state index is -0.784. The molecule has 0 spiro atoms. The van der Waals surface area contributed by atoms with Gasteiger partial charge in [0, 0.05) is 19.3 Å². The number of hydrogen-bond acceptors (Lipinski definition) is 6. The van der Waals surface area contributed by atoms with Crippen LogP contribution >= 0.6 is 0 Å². The zero-order valence-corrected chi connectivity index (χ0v) is 46.0. The van der Waals surface area contributed by atoms with E-state index in [1.807, 2.05) is 0 Å². The molecule has 0 N–H and O–H groups in total. The summed E-state index contributed by atoms with van der Waals surface area (Å²) >= 11 is 0. The van der Waals surface area contributed by atoms with Gasteiger partial charge in [0.2, 0.25) is 0 Å². The van der Waals surface area contributed by atoms with Crippen molar-refractivity contribution in [2.45, 2.75) is 290 Å². The number of hydrogen-bond donors (Lipinski definition) is 0. The van der Waals surface area contributed by atoms with Crippen molar-refractivity contribution in [3.05, 3.63) is 85.1 Å². The van der Waals surface area contributed by atoms with Gasteiger partial charge in [0.25, 0.3) is 0 Å². The van der Waals surface area contributed by atoms with Crippen LogP contribution in [-0.4, -0.2) is 37.2 Å². The molecule has 0 fully saturated rings. The van der Waals surface area contributed by atoms with E-state index < -0.39 is 6.10 Å². The standard InChI is InChI=1S/C64H110O6/c1-4-7-10-13-16-19-22-24-26-27-28-29-30-31-32-33-34-35-36-37-39-40-42-45-48-51-54-57-63(66)69-60-61(59-68-62(65)56-53-50-47-44-21-18-15-12-9-6-3)70-64(67)58-55-52-49-46-43-41-38-25-23-20-17-14-11-8-5-2/h7,10,12,15-16,19,24-26,28-29,31-32,38,61H,4-6,8-9,11,13-14,17-18,20-23,27,30,33-37,39-60H2,1-3H3/b10-7-,15-12-,19-16-,26-24-,29-28-,32-31-,38-25-. The Kier molecular flexibility index (Phi) is 55.3. The fraction of sp³-hybridized carbons (Fsp3) is 0.734. The molecule has 0 saturated heterocycles. The number of esters is 3. The predicted octanol–water partition coefficient (Wildman–Crippen LogP) is 19.9. The van der Waals surface area contributed by atoms with Gasteiger partial charge in [0.1, 0.15) is 13.2 Å². The monoisotopic (exact) mass is 975 g/mol. The second-order valence-corrected chi connectivity index (χ2v) is 19.5. The summed E-state index contributed by atoms with van der Waals surface area (Å²) in [5.74, 6) is -0.900. The molecule has 6 nitrogen and oxygen atoms in total. The number of carbonyl (C=O) groups excluding carboxylic acids is 3. The molecule has 0 saturated carbocycles. The lowest BCUT2D eigenvalue weighted by atomic mass is 10.0. The number of carbonyl (C=O) groups is 3. The van der Waals surface area contributed by atoms with Crippen molar-refractivity contribution in [1.29, 1.82) is 0 Å². The number of unbranched alkanes of at least 4 members (excludes halogenated alkanes) is 28. The van der Waals surface area contributed by atoms with Crippen LogP contribution in [0.15, 0.2) is 85.1 Å². The first kappa shape index (κ1) is 66.6. The first-order chi connectivity index (χ1) is 34.5. The van der Waals surface area contributed by atoms with Crippen LogP contribution in [-0.2, 0) is 28.6 Å². The van der Waals surface area contributed by atoms with Gasteiger partial charge in [-0.2, -0.15) is 0 Å². The van der Waals surface area contributed by atoms with Crippen molar-refractivity contribution in [3.8, 4) is 0 Å². The van der Waals surface area contributed by atoms with E-state index in [4.69, 9.17) is 14.2 Å². The highest BCUT2D eigenvalue weighted by atomic mass is 16.6. The summed E-state index contributed by atoms with van der Waals surface area (Å²) in [5, 5.41) is 0. The van der Waals surface area contributed by atoms with Crippen LogP contribution in [0.2, 0.25) is 0 Å². The lowest BCUT2D eigenvalue weighted by Gasteiger charge is -2.18. The second-order valence-electron chi connectivity index (χ2n) is 19.5. The first-order valence-electron chi connectivity index (χ1n) is 29.6. The molecule has 0 aliphatic rings. The van der Waals surface area contributed by atoms with E-state index in [9.17, 15) is 14.4 Å². The third-order valence-corrected chi connectivity index (χ3v) is 12.6. The lowest BCUT2D eigenvalue weighted by Crippen LogP contribution is -2.30. The average molecular weight is 976 g/mol. The van der Waals surface area contributed by atoms with Gasteiger partial charge < -0.3 is 14.2 Å². The lowest BCUT2D eigenvalue weighted by molar-refractivity contribution is -0.167. The second kappa shape index (κ2) is 58.2. The van der Waals surface area contributed by atoms with Gasteiger partial charge in [-0.15, -0.1) is 0 Å². The summed E-state index contributed by atoms with van der Waals surface area (Å²) in [5.41, 5.74) is 0. The van der Waals surface area contributed by atoms with Crippen molar-refractivity contribution < 1.29 is 28.6 Å². The first-order valence-corrected chi connectivity index (χ1v) is 29.6. The number of rotatable bonds is 53. The predicted molar refractivity (Wildman–Crippen MR) is 302 cm³/mol. The molecular formula is C64H110O6. The Morgan fingerprint density at radius 1 is 0.300 bits per heavy atom. The van der Waals surface area contributed by atoms with Gasteiger partial charge in [-0.3, -0.25) is 14.4 Å². The van der Waals surface area contributed by atoms with Gasteiger partial charge in [-0.05, 0) is 109 Å². The molecule has 0 aromatic rings. The SMILES string of the molecule is CC/C=C\C/C=C\C/C=C\C/C=C\C/C=C\CCCCCCCCCCCCCC(=O)OCC(COC(=O)CCCCCCC/C=C\CCC)OC(=O)CCCCCCC/C=C\CCCCCCCC. The van der Waals surface area contributed by atoms with Crippen molar-refractivity contribution in [2.24, 2.45) is 0 Å². The highest BCUT2D eigenvalue weighted by molar-refractivity contribution is 5.71. The fourth-order valence-electron chi connectivity index (χ4n) is 8.17. The van der Waals surface area contributed by atoms with Gasteiger partial charge in [0.05, 0.1) is 0 Å². The van der Waals surface area contributed by atoms with Crippen molar-refractivity contribution in [2.75, 3.05) is 13.2 Å². The molecule has 0 aromatic heterocycles. The molecule has 6 heteroatoms. The van der Waals surface area contributed by atoms with Crippen LogP contribution < -0.4 is 0 Å². The molecule has 0 radical (unpaired) electrons. The van der Waals surface area contributed by atoms with E-state index in [0.29, 0.717) is 19.3 Å². The highest BCUT2D eigenvalue weighted by Gasteiger charge is 2.19. The third-order valence-electron chi connectivity index (χ3n) is 12.6. The van der Waals surface area contributed by atoms with Crippen LogP contribution in [0.1, 0.15) is 284 Å². The number of ether oxygens (including phenoxy) is 3. The number of allylic oxidation sites excluding steroid dienone is 14. The van der Waals surface area contributed by atoms with E-state index in [2.05, 4.69) is 106 Å². The van der Waals surface area contributed by atoms with E-state index in [0.717, 1.165) is 116 Å². The molecule has 0 aromatic carbocycles. The Balaban J connectivity index is 4.23. The Hall–Kier alpha value is -3.41. The molecular weight excluding hydrogens is 865 g/mol. The summed E-state index contributed by atoms with van der Waals surface area (Å²) in [6, 6.07) is 0. The summed E-state index contributed by atoms with van der Waals surface area (Å²) in [6.45, 7) is 6.46. The molecule has 1 unspecified atom stereocenters. The third kappa shape index (κ3) is 55.5. The van der Waals surface area contributed by atoms with E-state index in [-0.39, 0.29) is 31.1 Å². The quantitative estimate of drug-likeness (QED) is 0.0261. The summed E-state index contributed by atoms with van der Waals surface area (Å²) < 4.78 is 16.8. The fourth-order valence-corrected chi connectivity index (χ4v) is 8.17. The van der Waals surface area contributed by atoms with Crippen LogP contribution in [0.25, 0.3) is 0 Å². The highest BCUT2D eigenvalue weighted by Crippen LogP contribution is 2.15. The van der Waals surface area contributed by atoms with Crippen molar-refractivity contribution in [3.63, 3.8) is 0 Å². The maximum atomic E-state index is 12.8. The van der Waals surface area contributed by atoms with E-state index >= 15 is 0 Å². The topological polar surface area (TPSA) is 78.9 Å². The Bertz CT molecular complexity index is 1350. The zero-order chi connectivity index (χ0) is 50.7. The molecule has 0 aliphatic carbocycles. The molecule has 70 heavy (non-hydrogen) atoms. The molecule has 0 bridgehead atoms. The maximum Gasteiger partial charge on any atom is 0.306 e. The van der Waals surface area contributed by atoms with Gasteiger partial charge in [-0.25, -0.2) is 0 Å². The van der Waals surface area contributed by atoms with E-state index in [1.54, 1.807) is 0 Å². The van der Waals surface area contributed by atoms with Gasteiger partial charge in [0.15, 0.2) is 6.10 Å². The molecule has 0 rings (SSSR count). The minimum Gasteiger partial charge on any atom is -0.462 e. The molecule has 0 heterocycles. The maximum absolute atomic E-state index is 12.8. The van der Waals surface area contributed by atoms with Crippen LogP contribution in [0.5, 0.6) is 0 Å². The molecule has 0 amide bonds. The van der Waals surface area contributed by atoms with E-state index in [1.165, 1.54) is 128 Å². The average Bonchev–Trinajstić information content (AvgIpc) is 3.36. The normalized spacial score (nSPS) is 12.7. The van der Waals surface area contributed by atoms with Crippen LogP contribution in [0.3, 0.4) is 0 Å². The molecule has 402 valence electrons. The molecule has 0 aliphatic heterocycles. The van der Waals surface area contributed by atoms with Gasteiger partial charge in [-0.1, -0.05) is 241 Å². The zero-order valence-electron chi connectivity index (χ0n) is 46.0. The summed E-state index contributed by atoms with van der Waals surface area (Å²) in [6.07, 6.45) is 75.9. The Labute approximate surface area is 433 Å². The molecule has 1 atom stereocenters. The minimum absolute atomic E-state index is 0.0830. The Morgan fingerprint density at radius 2 is 0.586 bits per heavy atom. The van der Waals surface area contributed by atoms with Crippen LogP contribution in [0, 0.1) is 0 Å². The van der Waals surface area contributed by atoms with Crippen molar-refractivity contribution >= 4 is 17.9 Å². The van der Waals surface area contributed by atoms with Gasteiger partial charge >= 0.3 is 17.9 Å².